The van der Waals surface area contributed by atoms with Crippen LogP contribution in [0.2, 0.25) is 5.02 Å². The van der Waals surface area contributed by atoms with E-state index in [2.05, 4.69) is 37.4 Å². The lowest BCUT2D eigenvalue weighted by Gasteiger charge is -2.71. The van der Waals surface area contributed by atoms with Gasteiger partial charge in [0.05, 0.1) is 34.9 Å². The molecule has 2 heterocycles. The van der Waals surface area contributed by atoms with Gasteiger partial charge < -0.3 is 29.6 Å². The van der Waals surface area contributed by atoms with E-state index in [-0.39, 0.29) is 63.8 Å². The van der Waals surface area contributed by atoms with Gasteiger partial charge in [0.15, 0.2) is 5.76 Å². The van der Waals surface area contributed by atoms with Crippen molar-refractivity contribution in [3.05, 3.63) is 101 Å². The molecule has 2 bridgehead atoms. The van der Waals surface area contributed by atoms with E-state index >= 15 is 4.79 Å². The van der Waals surface area contributed by atoms with Crippen molar-refractivity contribution in [3.63, 3.8) is 0 Å². The molecule has 0 radical (unpaired) electrons. The van der Waals surface area contributed by atoms with Gasteiger partial charge in [-0.05, 0) is 118 Å². The summed E-state index contributed by atoms with van der Waals surface area (Å²) in [5.41, 5.74) is -3.39. The molecule has 58 heavy (non-hydrogen) atoms. The lowest BCUT2D eigenvalue weighted by Crippen LogP contribution is -2.67. The van der Waals surface area contributed by atoms with E-state index in [1.807, 2.05) is 30.3 Å². The maximum atomic E-state index is 15.1. The predicted molar refractivity (Wildman–Crippen MR) is 213 cm³/mol. The Hall–Kier alpha value is -3.90. The number of nitrogens with zero attached hydrogens (tertiary/aromatic N) is 1. The van der Waals surface area contributed by atoms with Crippen molar-refractivity contribution in [3.8, 4) is 11.3 Å². The Labute approximate surface area is 341 Å². The van der Waals surface area contributed by atoms with Crippen molar-refractivity contribution in [2.45, 2.75) is 95.6 Å². The van der Waals surface area contributed by atoms with Gasteiger partial charge >= 0.3 is 12.2 Å². The molecule has 2 aromatic carbocycles. The molecule has 1 aromatic heterocycles. The van der Waals surface area contributed by atoms with Crippen LogP contribution in [0.5, 0.6) is 0 Å². The van der Waals surface area contributed by atoms with E-state index in [0.29, 0.717) is 62.9 Å². The molecule has 12 heteroatoms. The number of hydrogen-bond donors (Lipinski definition) is 3. The number of furan rings is 1. The number of nitrogens with one attached hydrogen (secondary N) is 1. The second-order valence-electron chi connectivity index (χ2n) is 18.3. The van der Waals surface area contributed by atoms with Crippen LogP contribution < -0.4 is 5.32 Å². The zero-order valence-corrected chi connectivity index (χ0v) is 33.5. The zero-order chi connectivity index (χ0) is 40.9. The number of rotatable bonds is 8. The lowest BCUT2D eigenvalue weighted by molar-refractivity contribution is -0.175. The molecule has 6 aliphatic carbocycles. The Bertz CT molecular complexity index is 2180. The summed E-state index contributed by atoms with van der Waals surface area (Å²) in [7, 11) is 0. The van der Waals surface area contributed by atoms with Crippen LogP contribution in [0.1, 0.15) is 87.8 Å². The molecule has 2 amide bonds. The van der Waals surface area contributed by atoms with Gasteiger partial charge in [0.2, 0.25) is 5.78 Å². The highest BCUT2D eigenvalue weighted by Crippen LogP contribution is 2.78. The van der Waals surface area contributed by atoms with Gasteiger partial charge in [0.1, 0.15) is 5.76 Å². The summed E-state index contributed by atoms with van der Waals surface area (Å²) < 4.78 is 53.2. The lowest BCUT2D eigenvalue weighted by atomic mass is 9.32. The monoisotopic (exact) mass is 818 g/mol. The van der Waals surface area contributed by atoms with E-state index in [9.17, 15) is 28.2 Å². The number of benzene rings is 2. The average molecular weight is 819 g/mol. The average Bonchev–Trinajstić information content (AvgIpc) is 3.95. The van der Waals surface area contributed by atoms with Crippen LogP contribution >= 0.6 is 11.6 Å². The first-order valence-corrected chi connectivity index (χ1v) is 21.0. The van der Waals surface area contributed by atoms with Crippen LogP contribution in [-0.4, -0.2) is 64.4 Å². The molecule has 3 saturated carbocycles. The molecule has 1 saturated heterocycles. The number of hydrogen-bond acceptors (Lipinski definition) is 6. The molecule has 2 spiro atoms. The number of amides is 2. The van der Waals surface area contributed by atoms with Gasteiger partial charge in [-0.25, -0.2) is 4.79 Å². The Morgan fingerprint density at radius 3 is 2.43 bits per heavy atom. The van der Waals surface area contributed by atoms with Gasteiger partial charge in [-0.15, -0.1) is 0 Å². The van der Waals surface area contributed by atoms with Gasteiger partial charge in [-0.3, -0.25) is 4.79 Å². The fourth-order valence-corrected chi connectivity index (χ4v) is 12.7. The van der Waals surface area contributed by atoms with E-state index in [0.717, 1.165) is 31.4 Å². The van der Waals surface area contributed by atoms with E-state index < -0.39 is 39.7 Å². The molecule has 9 atom stereocenters. The van der Waals surface area contributed by atoms with Gasteiger partial charge in [-0.2, -0.15) is 13.2 Å². The number of urea groups is 1. The zero-order valence-electron chi connectivity index (χ0n) is 32.8. The minimum Gasteiger partial charge on any atom is -0.453 e. The van der Waals surface area contributed by atoms with Crippen LogP contribution in [0, 0.1) is 33.5 Å². The fraction of sp³-hybridized carbons (Fsp3) is 0.522. The molecular weight excluding hydrogens is 769 g/mol. The largest absolute Gasteiger partial charge is 0.453 e. The standard InChI is InChI=1S/C46H50ClF3N2O6/c1-41-17-14-30(53)24-43(41)20-21-45(33(25-43)39(54)36-13-12-35(58-36)32-23-28(46(48,49)50)10-11-34(32)47)37(41)15-18-42(2)38(45)16-19-44(42,56)27-52(26-31-9-6-22-57-31)40(55)51-29-7-4-3-5-8-29/h3-5,7-8,10-13,20-21,23,25,30-31,37-38,53,56H,6,9,14-19,22,24,26-27H2,1-2H3,(H,51,55)/t30?,31-,37-,38-,41-,42+,43+,44-,45-/m1/s1. The van der Waals surface area contributed by atoms with Crippen molar-refractivity contribution in [1.82, 2.24) is 4.90 Å². The first kappa shape index (κ1) is 39.6. The quantitative estimate of drug-likeness (QED) is 0.154. The number of alkyl halides is 3. The first-order chi connectivity index (χ1) is 27.5. The number of ketones is 1. The highest BCUT2D eigenvalue weighted by atomic mass is 35.5. The van der Waals surface area contributed by atoms with Crippen molar-refractivity contribution < 1.29 is 42.1 Å². The molecule has 1 unspecified atom stereocenters. The Morgan fingerprint density at radius 2 is 1.69 bits per heavy atom. The Balaban J connectivity index is 1.10. The number of ether oxygens (including phenoxy) is 1. The van der Waals surface area contributed by atoms with E-state index in [1.165, 1.54) is 18.2 Å². The number of aliphatic hydroxyl groups is 2. The number of para-hydroxylation sites is 1. The second-order valence-corrected chi connectivity index (χ2v) is 18.7. The van der Waals surface area contributed by atoms with Crippen LogP contribution in [0.3, 0.4) is 0 Å². The minimum atomic E-state index is -4.60. The van der Waals surface area contributed by atoms with Crippen molar-refractivity contribution in [2.75, 3.05) is 25.0 Å². The minimum absolute atomic E-state index is 0.00131. The van der Waals surface area contributed by atoms with Gasteiger partial charge in [0.25, 0.3) is 0 Å². The summed E-state index contributed by atoms with van der Waals surface area (Å²) in [5, 5.41) is 27.3. The first-order valence-electron chi connectivity index (χ1n) is 20.6. The highest BCUT2D eigenvalue weighted by molar-refractivity contribution is 6.33. The number of allylic oxidation sites excluding steroid dienone is 4. The van der Waals surface area contributed by atoms with Crippen molar-refractivity contribution in [1.29, 1.82) is 0 Å². The number of halogens is 4. The molecule has 7 aliphatic rings. The molecular formula is C46H50ClF3N2O6. The van der Waals surface area contributed by atoms with Gasteiger partial charge in [-0.1, -0.05) is 61.9 Å². The molecule has 1 aliphatic heterocycles. The number of anilines is 1. The second kappa shape index (κ2) is 13.8. The fourth-order valence-electron chi connectivity index (χ4n) is 12.5. The van der Waals surface area contributed by atoms with Gasteiger partial charge in [0, 0.05) is 46.2 Å². The third kappa shape index (κ3) is 5.96. The third-order valence-electron chi connectivity index (χ3n) is 15.6. The number of aliphatic hydroxyl groups excluding tert-OH is 1. The molecule has 10 rings (SSSR count). The van der Waals surface area contributed by atoms with E-state index in [1.54, 1.807) is 4.90 Å². The van der Waals surface area contributed by atoms with E-state index in [4.69, 9.17) is 20.8 Å². The van der Waals surface area contributed by atoms with Crippen LogP contribution in [0.4, 0.5) is 23.7 Å². The normalized spacial score (nSPS) is 36.2. The number of carbonyl (C=O) groups excluding carboxylic acids is 2. The predicted octanol–water partition coefficient (Wildman–Crippen LogP) is 10.1. The van der Waals surface area contributed by atoms with Crippen LogP contribution in [-0.2, 0) is 10.9 Å². The maximum absolute atomic E-state index is 15.1. The summed E-state index contributed by atoms with van der Waals surface area (Å²) in [6.45, 7) is 5.46. The topological polar surface area (TPSA) is 112 Å². The molecule has 3 aromatic rings. The summed E-state index contributed by atoms with van der Waals surface area (Å²) in [5.74, 6) is -0.540. The Morgan fingerprint density at radius 1 is 0.948 bits per heavy atom. The maximum Gasteiger partial charge on any atom is 0.416 e. The summed E-state index contributed by atoms with van der Waals surface area (Å²) in [4.78, 5) is 30.9. The SMILES string of the molecule is C[C@]12CC[C@H]3[C@]4(C=C[C@@]5(C=C4C(=O)c4ccc(-c6cc(C(F)(F)F)ccc6Cl)o4)CC(O)CC[C@]35C)[C@@H]1CC[C@@]2(O)CN(C[C@H]1CCCO1)C(=O)Nc1ccccc1. The summed E-state index contributed by atoms with van der Waals surface area (Å²) >= 11 is 6.39. The summed E-state index contributed by atoms with van der Waals surface area (Å²) in [6.07, 6.45) is 7.19. The molecule has 3 N–H and O–H groups in total. The molecule has 8 nitrogen and oxygen atoms in total. The van der Waals surface area contributed by atoms with Crippen molar-refractivity contribution >= 4 is 29.1 Å². The molecule has 4 fully saturated rings. The number of fused-ring (bicyclic) bond motifs is 1. The number of carbonyl (C=O) groups is 2. The Kier molecular flexibility index (Phi) is 9.43. The molecule has 308 valence electrons. The van der Waals surface area contributed by atoms with Crippen LogP contribution in [0.25, 0.3) is 11.3 Å². The third-order valence-corrected chi connectivity index (χ3v) is 15.9. The number of Topliss-reactive ketones (excluding diaryl/α,β-unsaturated/α-hetero) is 1. The summed E-state index contributed by atoms with van der Waals surface area (Å²) in [6, 6.07) is 14.9. The highest BCUT2D eigenvalue weighted by Gasteiger charge is 2.74. The van der Waals surface area contributed by atoms with Crippen LogP contribution in [0.15, 0.2) is 88.9 Å². The smallest absolute Gasteiger partial charge is 0.416 e. The van der Waals surface area contributed by atoms with Crippen molar-refractivity contribution in [2.24, 2.45) is 33.5 Å².